The van der Waals surface area contributed by atoms with Crippen LogP contribution in [-0.4, -0.2) is 23.3 Å². The Morgan fingerprint density at radius 3 is 2.40 bits per heavy atom. The number of hydrogen-bond acceptors (Lipinski definition) is 5. The zero-order chi connectivity index (χ0) is 27.7. The molecular formula is C34H37FN2O3. The Balaban J connectivity index is 1.10. The molecule has 0 unspecified atom stereocenters. The number of benzene rings is 2. The molecule has 4 saturated carbocycles. The van der Waals surface area contributed by atoms with Crippen LogP contribution >= 0.6 is 0 Å². The molecule has 0 amide bonds. The molecule has 3 aromatic rings. The van der Waals surface area contributed by atoms with E-state index in [2.05, 4.69) is 4.98 Å². The number of nitrogens with zero attached hydrogens (tertiary/aromatic N) is 1. The van der Waals surface area contributed by atoms with Gasteiger partial charge >= 0.3 is 5.97 Å². The van der Waals surface area contributed by atoms with E-state index in [1.807, 2.05) is 36.4 Å². The van der Waals surface area contributed by atoms with Crippen molar-refractivity contribution in [2.75, 3.05) is 6.61 Å². The van der Waals surface area contributed by atoms with E-state index in [0.717, 1.165) is 52.6 Å². The molecule has 208 valence electrons. The number of carbonyl (C=O) groups is 2. The Kier molecular flexibility index (Phi) is 7.54. The molecule has 40 heavy (non-hydrogen) atoms. The third-order valence-corrected chi connectivity index (χ3v) is 9.51. The quantitative estimate of drug-likeness (QED) is 0.236. The third-order valence-electron chi connectivity index (χ3n) is 9.51. The van der Waals surface area contributed by atoms with Gasteiger partial charge in [0.05, 0.1) is 19.2 Å². The van der Waals surface area contributed by atoms with Gasteiger partial charge in [-0.05, 0) is 108 Å². The van der Waals surface area contributed by atoms with Crippen LogP contribution in [-0.2, 0) is 28.9 Å². The summed E-state index contributed by atoms with van der Waals surface area (Å²) >= 11 is 0. The van der Waals surface area contributed by atoms with Crippen molar-refractivity contribution in [2.45, 2.75) is 64.3 Å². The van der Waals surface area contributed by atoms with Crippen molar-refractivity contribution in [1.82, 2.24) is 4.98 Å². The number of aromatic nitrogens is 1. The first-order valence-electron chi connectivity index (χ1n) is 14.6. The molecule has 7 rings (SSSR count). The van der Waals surface area contributed by atoms with Crippen molar-refractivity contribution >= 4 is 11.8 Å². The van der Waals surface area contributed by atoms with Crippen LogP contribution < -0.4 is 5.73 Å². The predicted octanol–water partition coefficient (Wildman–Crippen LogP) is 6.46. The van der Waals surface area contributed by atoms with Gasteiger partial charge in [0.25, 0.3) is 0 Å². The van der Waals surface area contributed by atoms with Gasteiger partial charge in [0, 0.05) is 24.7 Å². The monoisotopic (exact) mass is 540 g/mol. The molecule has 2 aromatic carbocycles. The highest BCUT2D eigenvalue weighted by Crippen LogP contribution is 2.61. The van der Waals surface area contributed by atoms with Gasteiger partial charge < -0.3 is 10.5 Å². The van der Waals surface area contributed by atoms with E-state index >= 15 is 0 Å². The summed E-state index contributed by atoms with van der Waals surface area (Å²) in [5.74, 6) is 1.81. The first-order chi connectivity index (χ1) is 19.4. The van der Waals surface area contributed by atoms with Crippen LogP contribution in [0.2, 0.25) is 0 Å². The van der Waals surface area contributed by atoms with Crippen molar-refractivity contribution in [2.24, 2.45) is 28.9 Å². The summed E-state index contributed by atoms with van der Waals surface area (Å²) in [6.45, 7) is 0.809. The average Bonchev–Trinajstić information content (AvgIpc) is 2.93. The second kappa shape index (κ2) is 11.2. The van der Waals surface area contributed by atoms with Crippen LogP contribution in [0.25, 0.3) is 11.1 Å². The highest BCUT2D eigenvalue weighted by molar-refractivity contribution is 5.98. The van der Waals surface area contributed by atoms with Gasteiger partial charge in [-0.1, -0.05) is 36.4 Å². The zero-order valence-electron chi connectivity index (χ0n) is 22.9. The number of halogens is 1. The molecule has 0 radical (unpaired) electrons. The second-order valence-corrected chi connectivity index (χ2v) is 12.4. The second-order valence-electron chi connectivity index (χ2n) is 12.4. The Labute approximate surface area is 235 Å². The third kappa shape index (κ3) is 5.73. The summed E-state index contributed by atoms with van der Waals surface area (Å²) in [5, 5.41) is 0. The molecule has 4 aliphatic carbocycles. The summed E-state index contributed by atoms with van der Waals surface area (Å²) in [7, 11) is 0. The summed E-state index contributed by atoms with van der Waals surface area (Å²) in [6.07, 6.45) is 12.0. The highest BCUT2D eigenvalue weighted by Gasteiger charge is 2.50. The number of ketones is 1. The molecule has 4 bridgehead atoms. The molecule has 2 N–H and O–H groups in total. The van der Waals surface area contributed by atoms with Gasteiger partial charge in [-0.25, -0.2) is 4.39 Å². The first-order valence-corrected chi connectivity index (χ1v) is 14.6. The van der Waals surface area contributed by atoms with Gasteiger partial charge in [-0.2, -0.15) is 0 Å². The van der Waals surface area contributed by atoms with Crippen molar-refractivity contribution in [3.8, 4) is 11.1 Å². The van der Waals surface area contributed by atoms with Gasteiger partial charge in [0.2, 0.25) is 0 Å². The molecule has 1 aromatic heterocycles. The summed E-state index contributed by atoms with van der Waals surface area (Å²) in [5.41, 5.74) is 10.7. The van der Waals surface area contributed by atoms with Gasteiger partial charge in [-0.15, -0.1) is 0 Å². The van der Waals surface area contributed by atoms with E-state index in [1.54, 1.807) is 6.07 Å². The smallest absolute Gasteiger partial charge is 0.310 e. The van der Waals surface area contributed by atoms with E-state index in [-0.39, 0.29) is 24.6 Å². The van der Waals surface area contributed by atoms with E-state index in [4.69, 9.17) is 10.5 Å². The summed E-state index contributed by atoms with van der Waals surface area (Å²) < 4.78 is 19.8. The van der Waals surface area contributed by atoms with Crippen molar-refractivity contribution in [3.05, 3.63) is 89.0 Å². The Morgan fingerprint density at radius 1 is 0.950 bits per heavy atom. The minimum atomic E-state index is -0.493. The van der Waals surface area contributed by atoms with E-state index in [0.29, 0.717) is 29.7 Å². The minimum absolute atomic E-state index is 0.0507. The molecule has 0 atom stereocenters. The zero-order valence-corrected chi connectivity index (χ0v) is 22.9. The number of carbonyl (C=O) groups excluding carboxylic acids is 2. The Hall–Kier alpha value is -3.38. The number of Topliss-reactive ketones (excluding diaryl/α,β-unsaturated/α-hetero) is 1. The maximum atomic E-state index is 14.1. The highest BCUT2D eigenvalue weighted by atomic mass is 19.1. The minimum Gasteiger partial charge on any atom is -0.465 e. The molecule has 0 saturated heterocycles. The number of rotatable bonds is 10. The number of esters is 1. The fraction of sp³-hybridized carbons (Fsp3) is 0.441. The topological polar surface area (TPSA) is 82.3 Å². The summed E-state index contributed by atoms with van der Waals surface area (Å²) in [6, 6.07) is 14.7. The van der Waals surface area contributed by atoms with Crippen molar-refractivity contribution < 1.29 is 18.7 Å². The molecule has 4 fully saturated rings. The fourth-order valence-electron chi connectivity index (χ4n) is 8.06. The predicted molar refractivity (Wildman–Crippen MR) is 152 cm³/mol. The maximum absolute atomic E-state index is 14.1. The molecule has 6 heteroatoms. The number of pyridine rings is 1. The lowest BCUT2D eigenvalue weighted by molar-refractivity contribution is -0.145. The molecule has 4 aliphatic rings. The van der Waals surface area contributed by atoms with Gasteiger partial charge in [0.15, 0.2) is 5.78 Å². The largest absolute Gasteiger partial charge is 0.465 e. The number of nitrogens with two attached hydrogens (primary N) is 1. The van der Waals surface area contributed by atoms with Crippen LogP contribution in [0.4, 0.5) is 4.39 Å². The first kappa shape index (κ1) is 26.8. The van der Waals surface area contributed by atoms with Crippen LogP contribution in [0.15, 0.2) is 60.9 Å². The van der Waals surface area contributed by atoms with E-state index in [1.165, 1.54) is 50.8 Å². The Bertz CT molecular complexity index is 1380. The maximum Gasteiger partial charge on any atom is 0.310 e. The van der Waals surface area contributed by atoms with Crippen molar-refractivity contribution in [3.63, 3.8) is 0 Å². The normalized spacial score (nSPS) is 24.7. The van der Waals surface area contributed by atoms with Crippen LogP contribution in [0.3, 0.4) is 0 Å². The molecule has 1 heterocycles. The van der Waals surface area contributed by atoms with Crippen molar-refractivity contribution in [1.29, 1.82) is 0 Å². The summed E-state index contributed by atoms with van der Waals surface area (Å²) in [4.78, 5) is 29.5. The lowest BCUT2D eigenvalue weighted by atomic mass is 9.49. The average molecular weight is 541 g/mol. The lowest BCUT2D eigenvalue weighted by Gasteiger charge is -2.57. The van der Waals surface area contributed by atoms with Crippen LogP contribution in [0.1, 0.15) is 72.0 Å². The lowest BCUT2D eigenvalue weighted by Crippen LogP contribution is -2.46. The fourth-order valence-corrected chi connectivity index (χ4v) is 8.06. The van der Waals surface area contributed by atoms with E-state index in [9.17, 15) is 14.0 Å². The van der Waals surface area contributed by atoms with Crippen LogP contribution in [0.5, 0.6) is 0 Å². The molecule has 5 nitrogen and oxygen atoms in total. The standard InChI is InChI=1S/C34H37FN2O3/c35-31-21-37-8-6-27(31)16-32(38)28-4-5-29(20-36)30(15-28)26-3-1-2-22(13-26)14-33(39)40-9-7-34-17-23-10-24(18-34)12-25(11-23)19-34/h1-6,8,13,15,21,23-25H,7,9-12,14,16-20,36H2. The van der Waals surface area contributed by atoms with E-state index < -0.39 is 5.82 Å². The molecule has 0 spiro atoms. The van der Waals surface area contributed by atoms with Crippen LogP contribution in [0, 0.1) is 29.0 Å². The number of ether oxygens (including phenoxy) is 1. The molecular weight excluding hydrogens is 503 g/mol. The Morgan fingerprint density at radius 2 is 1.70 bits per heavy atom. The number of hydrogen-bond donors (Lipinski definition) is 1. The molecule has 0 aliphatic heterocycles. The van der Waals surface area contributed by atoms with Gasteiger partial charge in [-0.3, -0.25) is 14.6 Å². The SMILES string of the molecule is NCc1ccc(C(=O)Cc2ccncc2F)cc1-c1cccc(CC(=O)OCCC23CC4CC(CC(C4)C2)C3)c1. The van der Waals surface area contributed by atoms with Gasteiger partial charge in [0.1, 0.15) is 5.82 Å².